The normalized spacial score (nSPS) is 17.0. The van der Waals surface area contributed by atoms with Gasteiger partial charge < -0.3 is 9.64 Å². The number of sulfonamides is 1. The average molecular weight is 340 g/mol. The predicted molar refractivity (Wildman–Crippen MR) is 88.5 cm³/mol. The molecule has 6 nitrogen and oxygen atoms in total. The fourth-order valence-corrected chi connectivity index (χ4v) is 3.83. The third-order valence-electron chi connectivity index (χ3n) is 3.77. The second-order valence-electron chi connectivity index (χ2n) is 5.69. The van der Waals surface area contributed by atoms with Crippen LogP contribution in [0, 0.1) is 0 Å². The Morgan fingerprint density at radius 2 is 1.91 bits per heavy atom. The third kappa shape index (κ3) is 5.93. The van der Waals surface area contributed by atoms with Crippen molar-refractivity contribution in [2.24, 2.45) is 0 Å². The van der Waals surface area contributed by atoms with Crippen LogP contribution in [0.2, 0.25) is 0 Å². The molecule has 0 aromatic heterocycles. The number of amides is 1. The van der Waals surface area contributed by atoms with Crippen LogP contribution >= 0.6 is 0 Å². The van der Waals surface area contributed by atoms with E-state index in [-0.39, 0.29) is 11.7 Å². The summed E-state index contributed by atoms with van der Waals surface area (Å²) in [6, 6.07) is 9.02. The molecule has 1 heterocycles. The summed E-state index contributed by atoms with van der Waals surface area (Å²) in [4.78, 5) is 13.9. The van der Waals surface area contributed by atoms with E-state index in [0.717, 1.165) is 5.56 Å². The Hall–Kier alpha value is -1.44. The minimum absolute atomic E-state index is 0.0165. The Morgan fingerprint density at radius 1 is 1.26 bits per heavy atom. The summed E-state index contributed by atoms with van der Waals surface area (Å²) >= 11 is 0. The highest BCUT2D eigenvalue weighted by atomic mass is 32.2. The Kier molecular flexibility index (Phi) is 6.56. The van der Waals surface area contributed by atoms with Crippen LogP contribution in [-0.4, -0.2) is 57.3 Å². The number of hydrogen-bond acceptors (Lipinski definition) is 4. The van der Waals surface area contributed by atoms with Crippen molar-refractivity contribution in [1.29, 1.82) is 0 Å². The Bertz CT molecular complexity index is 598. The average Bonchev–Trinajstić information content (AvgIpc) is 2.55. The maximum Gasteiger partial charge on any atom is 0.240 e. The molecule has 0 bridgehead atoms. The molecule has 1 N–H and O–H groups in total. The molecule has 1 amide bonds. The lowest BCUT2D eigenvalue weighted by Gasteiger charge is -2.29. The largest absolute Gasteiger partial charge is 0.378 e. The molecule has 1 fully saturated rings. The summed E-state index contributed by atoms with van der Waals surface area (Å²) < 4.78 is 31.9. The maximum atomic E-state index is 12.2. The minimum Gasteiger partial charge on any atom is -0.378 e. The molecule has 1 saturated heterocycles. The molecule has 2 rings (SSSR count). The number of carbonyl (C=O) groups is 1. The molecule has 1 aromatic rings. The molecule has 0 aliphatic carbocycles. The van der Waals surface area contributed by atoms with Gasteiger partial charge in [-0.05, 0) is 25.3 Å². The lowest BCUT2D eigenvalue weighted by atomic mass is 10.1. The van der Waals surface area contributed by atoms with Crippen molar-refractivity contribution in [2.45, 2.75) is 25.8 Å². The minimum atomic E-state index is -3.46. The fourth-order valence-electron chi connectivity index (χ4n) is 2.55. The lowest BCUT2D eigenvalue weighted by Crippen LogP contribution is -2.50. The topological polar surface area (TPSA) is 75.7 Å². The molecule has 128 valence electrons. The second-order valence-corrected chi connectivity index (χ2v) is 7.56. The molecular weight excluding hydrogens is 316 g/mol. The predicted octanol–water partition coefficient (Wildman–Crippen LogP) is 0.786. The zero-order valence-electron chi connectivity index (χ0n) is 13.4. The van der Waals surface area contributed by atoms with Gasteiger partial charge in [-0.1, -0.05) is 30.3 Å². The summed E-state index contributed by atoms with van der Waals surface area (Å²) in [6.45, 7) is 3.62. The fraction of sp³-hybridized carbons (Fsp3) is 0.562. The van der Waals surface area contributed by atoms with Crippen LogP contribution in [0.1, 0.15) is 18.9 Å². The number of nitrogens with one attached hydrogen (secondary N) is 1. The van der Waals surface area contributed by atoms with Gasteiger partial charge in [0.1, 0.15) is 0 Å². The molecule has 0 radical (unpaired) electrons. The quantitative estimate of drug-likeness (QED) is 0.796. The molecule has 0 unspecified atom stereocenters. The van der Waals surface area contributed by atoms with E-state index in [1.54, 1.807) is 11.8 Å². The molecule has 0 saturated carbocycles. The van der Waals surface area contributed by atoms with Crippen LogP contribution < -0.4 is 4.72 Å². The Balaban J connectivity index is 1.79. The zero-order chi connectivity index (χ0) is 16.7. The SMILES string of the molecule is C[C@@H](NS(=O)(=O)CCCc1ccccc1)C(=O)N1CCOCC1. The molecule has 1 aliphatic heterocycles. The van der Waals surface area contributed by atoms with Gasteiger partial charge in [-0.2, -0.15) is 0 Å². The van der Waals surface area contributed by atoms with Gasteiger partial charge in [-0.15, -0.1) is 0 Å². The van der Waals surface area contributed by atoms with Crippen LogP contribution in [0.15, 0.2) is 30.3 Å². The molecule has 1 aromatic carbocycles. The van der Waals surface area contributed by atoms with Gasteiger partial charge in [-0.25, -0.2) is 13.1 Å². The van der Waals surface area contributed by atoms with Crippen molar-refractivity contribution in [3.63, 3.8) is 0 Å². The zero-order valence-corrected chi connectivity index (χ0v) is 14.2. The molecule has 7 heteroatoms. The number of carbonyl (C=O) groups excluding carboxylic acids is 1. The van der Waals surface area contributed by atoms with Gasteiger partial charge in [0, 0.05) is 13.1 Å². The first-order chi connectivity index (χ1) is 11.0. The lowest BCUT2D eigenvalue weighted by molar-refractivity contribution is -0.136. The molecule has 23 heavy (non-hydrogen) atoms. The standard InChI is InChI=1S/C16H24N2O4S/c1-14(16(19)18-9-11-22-12-10-18)17-23(20,21)13-5-8-15-6-3-2-4-7-15/h2-4,6-7,14,17H,5,8-13H2,1H3/t14-/m1/s1. The first kappa shape index (κ1) is 17.9. The monoisotopic (exact) mass is 340 g/mol. The van der Waals surface area contributed by atoms with E-state index in [0.29, 0.717) is 39.1 Å². The van der Waals surface area contributed by atoms with E-state index in [1.807, 2.05) is 30.3 Å². The van der Waals surface area contributed by atoms with Crippen LogP contribution in [0.25, 0.3) is 0 Å². The highest BCUT2D eigenvalue weighted by Crippen LogP contribution is 2.05. The van der Waals surface area contributed by atoms with Gasteiger partial charge in [0.05, 0.1) is 25.0 Å². The molecule has 1 aliphatic rings. The highest BCUT2D eigenvalue weighted by molar-refractivity contribution is 7.89. The van der Waals surface area contributed by atoms with Crippen molar-refractivity contribution < 1.29 is 17.9 Å². The van der Waals surface area contributed by atoms with E-state index in [2.05, 4.69) is 4.72 Å². The van der Waals surface area contributed by atoms with E-state index < -0.39 is 16.1 Å². The first-order valence-electron chi connectivity index (χ1n) is 7.88. The van der Waals surface area contributed by atoms with Gasteiger partial charge >= 0.3 is 0 Å². The first-order valence-corrected chi connectivity index (χ1v) is 9.53. The van der Waals surface area contributed by atoms with E-state index >= 15 is 0 Å². The number of benzene rings is 1. The van der Waals surface area contributed by atoms with Gasteiger partial charge in [0.25, 0.3) is 0 Å². The van der Waals surface area contributed by atoms with Crippen molar-refractivity contribution in [2.75, 3.05) is 32.1 Å². The number of nitrogens with zero attached hydrogens (tertiary/aromatic N) is 1. The number of ether oxygens (including phenoxy) is 1. The van der Waals surface area contributed by atoms with E-state index in [1.165, 1.54) is 0 Å². The van der Waals surface area contributed by atoms with Crippen LogP contribution in [0.4, 0.5) is 0 Å². The van der Waals surface area contributed by atoms with Crippen LogP contribution in [0.3, 0.4) is 0 Å². The Labute approximate surface area is 137 Å². The molecular formula is C16H24N2O4S. The smallest absolute Gasteiger partial charge is 0.240 e. The summed E-state index contributed by atoms with van der Waals surface area (Å²) in [7, 11) is -3.46. The number of hydrogen-bond donors (Lipinski definition) is 1. The van der Waals surface area contributed by atoms with Crippen LogP contribution in [-0.2, 0) is 26.0 Å². The van der Waals surface area contributed by atoms with Crippen molar-refractivity contribution in [1.82, 2.24) is 9.62 Å². The molecule has 1 atom stereocenters. The number of morpholine rings is 1. The number of rotatable bonds is 7. The Morgan fingerprint density at radius 3 is 2.57 bits per heavy atom. The second kappa shape index (κ2) is 8.42. The van der Waals surface area contributed by atoms with Crippen LogP contribution in [0.5, 0.6) is 0 Å². The van der Waals surface area contributed by atoms with Crippen molar-refractivity contribution >= 4 is 15.9 Å². The van der Waals surface area contributed by atoms with E-state index in [9.17, 15) is 13.2 Å². The van der Waals surface area contributed by atoms with Crippen molar-refractivity contribution in [3.8, 4) is 0 Å². The highest BCUT2D eigenvalue weighted by Gasteiger charge is 2.25. The van der Waals surface area contributed by atoms with Gasteiger partial charge in [0.15, 0.2) is 0 Å². The van der Waals surface area contributed by atoms with Crippen molar-refractivity contribution in [3.05, 3.63) is 35.9 Å². The third-order valence-corrected chi connectivity index (χ3v) is 5.31. The van der Waals surface area contributed by atoms with Gasteiger partial charge in [0.2, 0.25) is 15.9 Å². The summed E-state index contributed by atoms with van der Waals surface area (Å²) in [5, 5.41) is 0. The summed E-state index contributed by atoms with van der Waals surface area (Å²) in [5.74, 6) is -0.178. The number of aryl methyl sites for hydroxylation is 1. The van der Waals surface area contributed by atoms with E-state index in [4.69, 9.17) is 4.74 Å². The molecule has 0 spiro atoms. The summed E-state index contributed by atoms with van der Waals surface area (Å²) in [6.07, 6.45) is 1.23. The summed E-state index contributed by atoms with van der Waals surface area (Å²) in [5.41, 5.74) is 1.11. The maximum absolute atomic E-state index is 12.2. The van der Waals surface area contributed by atoms with Gasteiger partial charge in [-0.3, -0.25) is 4.79 Å².